The highest BCUT2D eigenvalue weighted by Crippen LogP contribution is 2.23. The molecule has 1 aromatic heterocycles. The molecule has 0 aliphatic rings. The van der Waals surface area contributed by atoms with Crippen LogP contribution in [0.25, 0.3) is 0 Å². The lowest BCUT2D eigenvalue weighted by Gasteiger charge is -2.12. The van der Waals surface area contributed by atoms with Crippen LogP contribution in [0.1, 0.15) is 35.6 Å². The molecule has 0 bridgehead atoms. The second kappa shape index (κ2) is 4.72. The summed E-state index contributed by atoms with van der Waals surface area (Å²) in [6, 6.07) is 3.13. The number of hydrogen-bond donors (Lipinski definition) is 1. The molecule has 0 fully saturated rings. The van der Waals surface area contributed by atoms with Crippen molar-refractivity contribution in [2.45, 2.75) is 19.4 Å². The van der Waals surface area contributed by atoms with Crippen LogP contribution in [0.5, 0.6) is 5.75 Å². The Morgan fingerprint density at radius 1 is 1.64 bits per heavy atom. The van der Waals surface area contributed by atoms with Crippen LogP contribution in [0, 0.1) is 0 Å². The van der Waals surface area contributed by atoms with Crippen LogP contribution in [-0.4, -0.2) is 18.4 Å². The predicted molar refractivity (Wildman–Crippen MR) is 53.4 cm³/mol. The van der Waals surface area contributed by atoms with E-state index in [1.807, 2.05) is 6.92 Å². The first-order valence-electron chi connectivity index (χ1n) is 4.48. The van der Waals surface area contributed by atoms with Crippen LogP contribution >= 0.6 is 0 Å². The second-order valence-corrected chi connectivity index (χ2v) is 2.96. The van der Waals surface area contributed by atoms with E-state index in [1.54, 1.807) is 19.2 Å². The minimum Gasteiger partial charge on any atom is -0.495 e. The maximum atomic E-state index is 10.5. The van der Waals surface area contributed by atoms with Crippen molar-refractivity contribution >= 4 is 6.29 Å². The molecule has 4 heteroatoms. The van der Waals surface area contributed by atoms with Crippen molar-refractivity contribution in [3.05, 3.63) is 23.5 Å². The minimum atomic E-state index is -0.190. The Bertz CT molecular complexity index is 326. The quantitative estimate of drug-likeness (QED) is 0.734. The molecule has 2 N–H and O–H groups in total. The molecule has 1 rings (SSSR count). The molecule has 0 spiro atoms. The Kier molecular flexibility index (Phi) is 3.59. The molecular weight excluding hydrogens is 180 g/mol. The van der Waals surface area contributed by atoms with Gasteiger partial charge in [0.2, 0.25) is 0 Å². The normalized spacial score (nSPS) is 12.2. The maximum absolute atomic E-state index is 10.5. The van der Waals surface area contributed by atoms with Crippen molar-refractivity contribution in [2.24, 2.45) is 5.73 Å². The third kappa shape index (κ3) is 2.09. The zero-order valence-electron chi connectivity index (χ0n) is 8.36. The van der Waals surface area contributed by atoms with Crippen molar-refractivity contribution < 1.29 is 9.53 Å². The molecule has 0 aliphatic heterocycles. The van der Waals surface area contributed by atoms with Gasteiger partial charge in [-0.15, -0.1) is 0 Å². The summed E-state index contributed by atoms with van der Waals surface area (Å²) in [5.74, 6) is 0.630. The fraction of sp³-hybridized carbons (Fsp3) is 0.400. The van der Waals surface area contributed by atoms with E-state index in [1.165, 1.54) is 0 Å². The molecule has 4 nitrogen and oxygen atoms in total. The van der Waals surface area contributed by atoms with E-state index in [2.05, 4.69) is 4.98 Å². The highest BCUT2D eigenvalue weighted by molar-refractivity contribution is 5.72. The molecule has 1 unspecified atom stereocenters. The van der Waals surface area contributed by atoms with Crippen LogP contribution < -0.4 is 10.5 Å². The van der Waals surface area contributed by atoms with E-state index in [0.717, 1.165) is 6.42 Å². The summed E-state index contributed by atoms with van der Waals surface area (Å²) in [6.07, 6.45) is 1.46. The van der Waals surface area contributed by atoms with E-state index >= 15 is 0 Å². The number of rotatable bonds is 4. The van der Waals surface area contributed by atoms with Crippen molar-refractivity contribution in [1.82, 2.24) is 4.98 Å². The average Bonchev–Trinajstić information content (AvgIpc) is 2.27. The van der Waals surface area contributed by atoms with Crippen LogP contribution in [0.3, 0.4) is 0 Å². The summed E-state index contributed by atoms with van der Waals surface area (Å²) in [4.78, 5) is 14.6. The van der Waals surface area contributed by atoms with Gasteiger partial charge >= 0.3 is 0 Å². The molecular formula is C10H14N2O2. The van der Waals surface area contributed by atoms with Gasteiger partial charge in [0.05, 0.1) is 18.8 Å². The molecule has 0 radical (unpaired) electrons. The third-order valence-electron chi connectivity index (χ3n) is 2.04. The smallest absolute Gasteiger partial charge is 0.168 e. The van der Waals surface area contributed by atoms with Crippen molar-refractivity contribution in [2.75, 3.05) is 7.11 Å². The summed E-state index contributed by atoms with van der Waals surface area (Å²) in [5.41, 5.74) is 6.85. The highest BCUT2D eigenvalue weighted by atomic mass is 16.5. The number of carbonyl (C=O) groups is 1. The first kappa shape index (κ1) is 10.7. The molecule has 0 aromatic carbocycles. The molecule has 0 amide bonds. The SMILES string of the molecule is CCC(N)c1nc(C=O)ccc1OC. The number of nitrogens with zero attached hydrogens (tertiary/aromatic N) is 1. The fourth-order valence-electron chi connectivity index (χ4n) is 1.18. The van der Waals surface area contributed by atoms with Crippen LogP contribution in [0.2, 0.25) is 0 Å². The number of pyridine rings is 1. The Labute approximate surface area is 83.1 Å². The Balaban J connectivity index is 3.14. The third-order valence-corrected chi connectivity index (χ3v) is 2.04. The average molecular weight is 194 g/mol. The summed E-state index contributed by atoms with van der Waals surface area (Å²) >= 11 is 0. The van der Waals surface area contributed by atoms with Gasteiger partial charge in [0.15, 0.2) is 6.29 Å². The number of methoxy groups -OCH3 is 1. The predicted octanol–water partition coefficient (Wildman–Crippen LogP) is 1.31. The van der Waals surface area contributed by atoms with Gasteiger partial charge in [-0.2, -0.15) is 0 Å². The van der Waals surface area contributed by atoms with Gasteiger partial charge < -0.3 is 10.5 Å². The number of nitrogens with two attached hydrogens (primary N) is 1. The minimum absolute atomic E-state index is 0.190. The Morgan fingerprint density at radius 3 is 2.86 bits per heavy atom. The molecule has 1 atom stereocenters. The molecule has 0 aliphatic carbocycles. The first-order valence-corrected chi connectivity index (χ1v) is 4.48. The molecule has 1 aromatic rings. The van der Waals surface area contributed by atoms with E-state index in [9.17, 15) is 4.79 Å². The molecule has 76 valence electrons. The van der Waals surface area contributed by atoms with E-state index in [0.29, 0.717) is 23.4 Å². The lowest BCUT2D eigenvalue weighted by atomic mass is 10.1. The van der Waals surface area contributed by atoms with Crippen molar-refractivity contribution in [3.63, 3.8) is 0 Å². The van der Waals surface area contributed by atoms with Gasteiger partial charge in [-0.05, 0) is 18.6 Å². The first-order chi connectivity index (χ1) is 6.72. The van der Waals surface area contributed by atoms with Gasteiger partial charge in [-0.25, -0.2) is 4.98 Å². The van der Waals surface area contributed by atoms with E-state index in [4.69, 9.17) is 10.5 Å². The standard InChI is InChI=1S/C10H14N2O2/c1-3-8(11)10-9(14-2)5-4-7(6-13)12-10/h4-6,8H,3,11H2,1-2H3. The number of ether oxygens (including phenoxy) is 1. The van der Waals surface area contributed by atoms with Crippen molar-refractivity contribution in [1.29, 1.82) is 0 Å². The van der Waals surface area contributed by atoms with Crippen molar-refractivity contribution in [3.8, 4) is 5.75 Å². The van der Waals surface area contributed by atoms with Crippen LogP contribution in [0.4, 0.5) is 0 Å². The summed E-state index contributed by atoms with van der Waals surface area (Å²) in [7, 11) is 1.56. The largest absolute Gasteiger partial charge is 0.495 e. The maximum Gasteiger partial charge on any atom is 0.168 e. The van der Waals surface area contributed by atoms with Crippen LogP contribution in [0.15, 0.2) is 12.1 Å². The number of hydrogen-bond acceptors (Lipinski definition) is 4. The zero-order chi connectivity index (χ0) is 10.6. The Hall–Kier alpha value is -1.42. The van der Waals surface area contributed by atoms with Gasteiger partial charge in [0, 0.05) is 0 Å². The lowest BCUT2D eigenvalue weighted by Crippen LogP contribution is -2.13. The lowest BCUT2D eigenvalue weighted by molar-refractivity contribution is 0.111. The summed E-state index contributed by atoms with van der Waals surface area (Å²) in [6.45, 7) is 1.96. The highest BCUT2D eigenvalue weighted by Gasteiger charge is 2.12. The summed E-state index contributed by atoms with van der Waals surface area (Å²) in [5, 5.41) is 0. The molecule has 14 heavy (non-hydrogen) atoms. The second-order valence-electron chi connectivity index (χ2n) is 2.96. The number of aldehydes is 1. The van der Waals surface area contributed by atoms with Gasteiger partial charge in [0.1, 0.15) is 11.4 Å². The monoisotopic (exact) mass is 194 g/mol. The molecule has 1 heterocycles. The van der Waals surface area contributed by atoms with Gasteiger partial charge in [0.25, 0.3) is 0 Å². The number of carbonyl (C=O) groups excluding carboxylic acids is 1. The molecule has 0 saturated carbocycles. The number of aromatic nitrogens is 1. The Morgan fingerprint density at radius 2 is 2.36 bits per heavy atom. The summed E-state index contributed by atoms with van der Waals surface area (Å²) < 4.78 is 5.11. The fourth-order valence-corrected chi connectivity index (χ4v) is 1.18. The van der Waals surface area contributed by atoms with E-state index < -0.39 is 0 Å². The van der Waals surface area contributed by atoms with Crippen LogP contribution in [-0.2, 0) is 0 Å². The molecule has 0 saturated heterocycles. The zero-order valence-corrected chi connectivity index (χ0v) is 8.36. The van der Waals surface area contributed by atoms with Gasteiger partial charge in [-0.3, -0.25) is 4.79 Å². The van der Waals surface area contributed by atoms with Gasteiger partial charge in [-0.1, -0.05) is 6.92 Å². The van der Waals surface area contributed by atoms with E-state index in [-0.39, 0.29) is 6.04 Å². The topological polar surface area (TPSA) is 65.2 Å².